The fourth-order valence-electron chi connectivity index (χ4n) is 1.84. The number of aromatic amines is 1. The lowest BCUT2D eigenvalue weighted by molar-refractivity contribution is 0.321. The Morgan fingerprint density at radius 3 is 2.71 bits per heavy atom. The van der Waals surface area contributed by atoms with Crippen molar-refractivity contribution in [3.63, 3.8) is 0 Å². The summed E-state index contributed by atoms with van der Waals surface area (Å²) in [5.41, 5.74) is 3.75. The summed E-state index contributed by atoms with van der Waals surface area (Å²) in [6.07, 6.45) is 1.26. The predicted molar refractivity (Wildman–Crippen MR) is 65.4 cm³/mol. The molecule has 2 N–H and O–H groups in total. The van der Waals surface area contributed by atoms with Crippen molar-refractivity contribution < 1.29 is 9.62 Å². The first kappa shape index (κ1) is 9.72. The van der Waals surface area contributed by atoms with E-state index in [4.69, 9.17) is 9.62 Å². The van der Waals surface area contributed by atoms with Crippen molar-refractivity contribution in [3.8, 4) is 11.3 Å². The minimum absolute atomic E-state index is 0.522. The van der Waals surface area contributed by atoms with E-state index in [-0.39, 0.29) is 0 Å². The van der Waals surface area contributed by atoms with Gasteiger partial charge in [0.1, 0.15) is 6.21 Å². The number of hydrogen-bond donors (Lipinski definition) is 2. The van der Waals surface area contributed by atoms with E-state index in [1.165, 1.54) is 6.21 Å². The molecule has 3 rings (SSSR count). The van der Waals surface area contributed by atoms with Crippen molar-refractivity contribution in [2.75, 3.05) is 0 Å². The Balaban J connectivity index is 2.06. The minimum Gasteiger partial charge on any atom is -0.453 e. The molecule has 0 saturated carbocycles. The normalized spacial score (nSPS) is 11.5. The summed E-state index contributed by atoms with van der Waals surface area (Å²) in [5.74, 6) is 0.522. The van der Waals surface area contributed by atoms with Crippen LogP contribution in [0.4, 0.5) is 0 Å². The molecule has 0 aliphatic rings. The van der Waals surface area contributed by atoms with Crippen LogP contribution in [0.3, 0.4) is 0 Å². The SMILES string of the molecule is O/N=C/c1cc2[nH]c(-c3ccccc3)cc2o1. The Morgan fingerprint density at radius 1 is 1.18 bits per heavy atom. The number of H-pyrrole nitrogens is 1. The highest BCUT2D eigenvalue weighted by Crippen LogP contribution is 2.25. The van der Waals surface area contributed by atoms with Crippen LogP contribution >= 0.6 is 0 Å². The summed E-state index contributed by atoms with van der Waals surface area (Å²) < 4.78 is 5.47. The molecular formula is C13H10N2O2. The van der Waals surface area contributed by atoms with E-state index in [2.05, 4.69) is 10.1 Å². The van der Waals surface area contributed by atoms with Crippen molar-refractivity contribution in [1.82, 2.24) is 4.98 Å². The number of nitrogens with one attached hydrogen (secondary N) is 1. The molecule has 0 aliphatic heterocycles. The van der Waals surface area contributed by atoms with Crippen LogP contribution in [-0.4, -0.2) is 16.4 Å². The number of oxime groups is 1. The maximum atomic E-state index is 8.41. The van der Waals surface area contributed by atoms with E-state index in [9.17, 15) is 0 Å². The zero-order valence-corrected chi connectivity index (χ0v) is 8.92. The van der Waals surface area contributed by atoms with Crippen molar-refractivity contribution in [1.29, 1.82) is 0 Å². The van der Waals surface area contributed by atoms with Gasteiger partial charge in [0.05, 0.1) is 5.52 Å². The van der Waals surface area contributed by atoms with Gasteiger partial charge in [0, 0.05) is 17.8 Å². The van der Waals surface area contributed by atoms with Gasteiger partial charge in [0.2, 0.25) is 0 Å². The zero-order chi connectivity index (χ0) is 11.7. The van der Waals surface area contributed by atoms with Gasteiger partial charge in [-0.05, 0) is 5.56 Å². The van der Waals surface area contributed by atoms with E-state index in [0.717, 1.165) is 22.4 Å². The first-order chi connectivity index (χ1) is 8.36. The molecule has 4 nitrogen and oxygen atoms in total. The van der Waals surface area contributed by atoms with Crippen molar-refractivity contribution in [2.24, 2.45) is 5.16 Å². The van der Waals surface area contributed by atoms with Gasteiger partial charge in [-0.3, -0.25) is 0 Å². The molecule has 0 spiro atoms. The fourth-order valence-corrected chi connectivity index (χ4v) is 1.84. The molecule has 2 heterocycles. The highest BCUT2D eigenvalue weighted by Gasteiger charge is 2.07. The van der Waals surface area contributed by atoms with Crippen LogP contribution < -0.4 is 0 Å². The molecule has 0 radical (unpaired) electrons. The largest absolute Gasteiger partial charge is 0.453 e. The van der Waals surface area contributed by atoms with Crippen LogP contribution in [0.2, 0.25) is 0 Å². The van der Waals surface area contributed by atoms with Crippen LogP contribution in [0.15, 0.2) is 52.0 Å². The van der Waals surface area contributed by atoms with Gasteiger partial charge >= 0.3 is 0 Å². The standard InChI is InChI=1S/C13H10N2O2/c16-14-8-10-6-12-13(17-10)7-11(15-12)9-4-2-1-3-5-9/h1-8,15-16H/b14-8+. The molecule has 0 unspecified atom stereocenters. The van der Waals surface area contributed by atoms with Gasteiger partial charge in [-0.1, -0.05) is 35.5 Å². The lowest BCUT2D eigenvalue weighted by Gasteiger charge is -1.95. The average Bonchev–Trinajstić information content (AvgIpc) is 2.88. The molecule has 0 fully saturated rings. The third kappa shape index (κ3) is 1.69. The van der Waals surface area contributed by atoms with Gasteiger partial charge in [-0.25, -0.2) is 0 Å². The molecule has 0 amide bonds. The summed E-state index contributed by atoms with van der Waals surface area (Å²) in [4.78, 5) is 3.25. The van der Waals surface area contributed by atoms with Crippen molar-refractivity contribution >= 4 is 17.3 Å². The van der Waals surface area contributed by atoms with E-state index < -0.39 is 0 Å². The number of nitrogens with zero attached hydrogens (tertiary/aromatic N) is 1. The van der Waals surface area contributed by atoms with Crippen LogP contribution in [0.5, 0.6) is 0 Å². The zero-order valence-electron chi connectivity index (χ0n) is 8.92. The molecule has 0 bridgehead atoms. The molecule has 4 heteroatoms. The van der Waals surface area contributed by atoms with Gasteiger partial charge in [0.15, 0.2) is 11.3 Å². The lowest BCUT2D eigenvalue weighted by Crippen LogP contribution is -1.76. The Labute approximate surface area is 97.2 Å². The first-order valence-electron chi connectivity index (χ1n) is 5.22. The number of hydrogen-bond acceptors (Lipinski definition) is 3. The molecule has 0 saturated heterocycles. The van der Waals surface area contributed by atoms with Gasteiger partial charge in [-0.2, -0.15) is 0 Å². The Kier molecular flexibility index (Phi) is 2.19. The third-order valence-electron chi connectivity index (χ3n) is 2.59. The number of aromatic nitrogens is 1. The van der Waals surface area contributed by atoms with Crippen LogP contribution in [-0.2, 0) is 0 Å². The molecular weight excluding hydrogens is 216 g/mol. The quantitative estimate of drug-likeness (QED) is 0.400. The monoisotopic (exact) mass is 226 g/mol. The fraction of sp³-hybridized carbons (Fsp3) is 0. The van der Waals surface area contributed by atoms with Gasteiger partial charge in [0.25, 0.3) is 0 Å². The van der Waals surface area contributed by atoms with Gasteiger partial charge < -0.3 is 14.6 Å². The van der Waals surface area contributed by atoms with E-state index >= 15 is 0 Å². The minimum atomic E-state index is 0.522. The second-order valence-electron chi connectivity index (χ2n) is 3.72. The van der Waals surface area contributed by atoms with Crippen LogP contribution in [0.25, 0.3) is 22.4 Å². The summed E-state index contributed by atoms with van der Waals surface area (Å²) in [6.45, 7) is 0. The second kappa shape index (κ2) is 3.83. The molecule has 2 aromatic heterocycles. The van der Waals surface area contributed by atoms with Crippen LogP contribution in [0.1, 0.15) is 5.76 Å². The number of fused-ring (bicyclic) bond motifs is 1. The second-order valence-corrected chi connectivity index (χ2v) is 3.72. The molecule has 0 atom stereocenters. The highest BCUT2D eigenvalue weighted by atomic mass is 16.4. The number of furan rings is 1. The molecule has 3 aromatic rings. The summed E-state index contributed by atoms with van der Waals surface area (Å²) in [7, 11) is 0. The Morgan fingerprint density at radius 2 is 2.00 bits per heavy atom. The maximum absolute atomic E-state index is 8.41. The van der Waals surface area contributed by atoms with E-state index in [1.807, 2.05) is 36.4 Å². The number of rotatable bonds is 2. The van der Waals surface area contributed by atoms with Crippen molar-refractivity contribution in [2.45, 2.75) is 0 Å². The van der Waals surface area contributed by atoms with Crippen LogP contribution in [0, 0.1) is 0 Å². The molecule has 0 aliphatic carbocycles. The first-order valence-corrected chi connectivity index (χ1v) is 5.22. The maximum Gasteiger partial charge on any atom is 0.153 e. The third-order valence-corrected chi connectivity index (χ3v) is 2.59. The smallest absolute Gasteiger partial charge is 0.153 e. The lowest BCUT2D eigenvalue weighted by atomic mass is 10.2. The van der Waals surface area contributed by atoms with Gasteiger partial charge in [-0.15, -0.1) is 0 Å². The Hall–Kier alpha value is -2.49. The topological polar surface area (TPSA) is 61.5 Å². The summed E-state index contributed by atoms with van der Waals surface area (Å²) in [5, 5.41) is 11.3. The van der Waals surface area contributed by atoms with E-state index in [0.29, 0.717) is 5.76 Å². The highest BCUT2D eigenvalue weighted by molar-refractivity contribution is 5.88. The number of benzene rings is 1. The molecule has 84 valence electrons. The molecule has 17 heavy (non-hydrogen) atoms. The van der Waals surface area contributed by atoms with E-state index in [1.54, 1.807) is 6.07 Å². The average molecular weight is 226 g/mol. The summed E-state index contributed by atoms with van der Waals surface area (Å²) >= 11 is 0. The summed E-state index contributed by atoms with van der Waals surface area (Å²) in [6, 6.07) is 13.7. The predicted octanol–water partition coefficient (Wildman–Crippen LogP) is 3.24. The van der Waals surface area contributed by atoms with Crippen molar-refractivity contribution in [3.05, 3.63) is 48.2 Å². The Bertz CT molecular complexity index is 634. The molecule has 1 aromatic carbocycles.